The van der Waals surface area contributed by atoms with Crippen LogP contribution in [0.1, 0.15) is 86.0 Å². The molecule has 2 rings (SSSR count). The minimum absolute atomic E-state index is 0.0421. The Hall–Kier alpha value is -1.88. The second kappa shape index (κ2) is 17.8. The van der Waals surface area contributed by atoms with Crippen molar-refractivity contribution in [2.45, 2.75) is 107 Å². The van der Waals surface area contributed by atoms with Gasteiger partial charge in [-0.25, -0.2) is 0 Å². The monoisotopic (exact) mass is 564 g/mol. The molecule has 2 aromatic heterocycles. The largest absolute Gasteiger partial charge is 0.380 e. The van der Waals surface area contributed by atoms with Crippen molar-refractivity contribution in [2.24, 2.45) is 16.7 Å². The van der Waals surface area contributed by atoms with Crippen LogP contribution in [-0.4, -0.2) is 82.3 Å². The van der Waals surface area contributed by atoms with E-state index >= 15 is 0 Å². The molecule has 0 bridgehead atoms. The Kier molecular flexibility index (Phi) is 15.3. The van der Waals surface area contributed by atoms with Crippen molar-refractivity contribution in [1.82, 2.24) is 30.0 Å². The lowest BCUT2D eigenvalue weighted by Gasteiger charge is -2.37. The zero-order valence-corrected chi connectivity index (χ0v) is 26.5. The molecule has 0 aromatic carbocycles. The van der Waals surface area contributed by atoms with Gasteiger partial charge in [0.1, 0.15) is 0 Å². The molecule has 0 fully saturated rings. The highest BCUT2D eigenvalue weighted by Crippen LogP contribution is 2.33. The first-order chi connectivity index (χ1) is 19.2. The van der Waals surface area contributed by atoms with Gasteiger partial charge in [-0.15, -0.1) is 10.2 Å². The van der Waals surface area contributed by atoms with Crippen molar-refractivity contribution < 1.29 is 18.9 Å². The number of aryl methyl sites for hydroxylation is 2. The fraction of sp³-hybridized carbons (Fsp3) is 0.867. The summed E-state index contributed by atoms with van der Waals surface area (Å²) in [5.74, 6) is 0.547. The Morgan fingerprint density at radius 1 is 0.675 bits per heavy atom. The highest BCUT2D eigenvalue weighted by atomic mass is 16.5. The minimum Gasteiger partial charge on any atom is -0.380 e. The van der Waals surface area contributed by atoms with Gasteiger partial charge in [0, 0.05) is 49.2 Å². The maximum atomic E-state index is 6.55. The Bertz CT molecular complexity index is 933. The summed E-state index contributed by atoms with van der Waals surface area (Å²) in [5, 5.41) is 16.7. The molecule has 2 unspecified atom stereocenters. The first-order valence-electron chi connectivity index (χ1n) is 15.3. The van der Waals surface area contributed by atoms with Gasteiger partial charge in [0.05, 0.1) is 63.7 Å². The van der Waals surface area contributed by atoms with E-state index < -0.39 is 0 Å². The molecule has 230 valence electrons. The SMILES string of the molecule is CCn1cc(CCOCC(CC)(COCC(CC)(COCCc2cn(CC)nn2)CC(C)C)COC(C)C)nn1. The highest BCUT2D eigenvalue weighted by Gasteiger charge is 2.34. The number of rotatable bonds is 23. The molecule has 2 aromatic rings. The zero-order valence-electron chi connectivity index (χ0n) is 26.5. The summed E-state index contributed by atoms with van der Waals surface area (Å²) in [5.41, 5.74) is 1.67. The maximum Gasteiger partial charge on any atom is 0.0850 e. The van der Waals surface area contributed by atoms with Crippen LogP contribution in [0.4, 0.5) is 0 Å². The summed E-state index contributed by atoms with van der Waals surface area (Å²) in [7, 11) is 0. The van der Waals surface area contributed by atoms with E-state index in [0.29, 0.717) is 52.2 Å². The fourth-order valence-corrected chi connectivity index (χ4v) is 4.78. The maximum absolute atomic E-state index is 6.55. The van der Waals surface area contributed by atoms with Crippen LogP contribution in [0.3, 0.4) is 0 Å². The number of hydrogen-bond acceptors (Lipinski definition) is 8. The Balaban J connectivity index is 1.95. The molecule has 0 aliphatic heterocycles. The molecule has 0 saturated heterocycles. The van der Waals surface area contributed by atoms with Crippen LogP contribution in [0.5, 0.6) is 0 Å². The van der Waals surface area contributed by atoms with E-state index in [2.05, 4.69) is 76.0 Å². The van der Waals surface area contributed by atoms with Gasteiger partial charge >= 0.3 is 0 Å². The van der Waals surface area contributed by atoms with Crippen LogP contribution in [0.2, 0.25) is 0 Å². The second-order valence-electron chi connectivity index (χ2n) is 11.9. The highest BCUT2D eigenvalue weighted by molar-refractivity contribution is 4.93. The van der Waals surface area contributed by atoms with Crippen LogP contribution in [-0.2, 0) is 44.9 Å². The van der Waals surface area contributed by atoms with Crippen LogP contribution in [0.25, 0.3) is 0 Å². The molecule has 0 radical (unpaired) electrons. The Morgan fingerprint density at radius 3 is 1.57 bits per heavy atom. The fourth-order valence-electron chi connectivity index (χ4n) is 4.78. The normalized spacial score (nSPS) is 15.2. The molecule has 0 aliphatic carbocycles. The van der Waals surface area contributed by atoms with Crippen LogP contribution >= 0.6 is 0 Å². The predicted octanol–water partition coefficient (Wildman–Crippen LogP) is 5.01. The van der Waals surface area contributed by atoms with Crippen molar-refractivity contribution in [2.75, 3.05) is 46.2 Å². The number of hydrogen-bond donors (Lipinski definition) is 0. The van der Waals surface area contributed by atoms with Gasteiger partial charge in [0.25, 0.3) is 0 Å². The van der Waals surface area contributed by atoms with E-state index in [9.17, 15) is 0 Å². The third-order valence-corrected chi connectivity index (χ3v) is 7.52. The van der Waals surface area contributed by atoms with Crippen LogP contribution < -0.4 is 0 Å². The summed E-state index contributed by atoms with van der Waals surface area (Å²) in [4.78, 5) is 0. The van der Waals surface area contributed by atoms with E-state index in [4.69, 9.17) is 18.9 Å². The smallest absolute Gasteiger partial charge is 0.0850 e. The van der Waals surface area contributed by atoms with Crippen molar-refractivity contribution in [1.29, 1.82) is 0 Å². The average molecular weight is 565 g/mol. The van der Waals surface area contributed by atoms with E-state index in [1.54, 1.807) is 0 Å². The molecule has 0 aliphatic rings. The topological polar surface area (TPSA) is 98.3 Å². The summed E-state index contributed by atoms with van der Waals surface area (Å²) in [6.07, 6.45) is 8.58. The first kappa shape index (κ1) is 34.3. The van der Waals surface area contributed by atoms with Gasteiger partial charge in [-0.2, -0.15) is 0 Å². The second-order valence-corrected chi connectivity index (χ2v) is 11.9. The summed E-state index contributed by atoms with van der Waals surface area (Å²) in [6.45, 7) is 23.2. The lowest BCUT2D eigenvalue weighted by atomic mass is 9.79. The molecule has 0 N–H and O–H groups in total. The molecule has 0 saturated carbocycles. The molecular weight excluding hydrogens is 508 g/mol. The quantitative estimate of drug-likeness (QED) is 0.174. The number of nitrogens with zero attached hydrogens (tertiary/aromatic N) is 6. The van der Waals surface area contributed by atoms with Gasteiger partial charge in [-0.1, -0.05) is 38.1 Å². The number of ether oxygens (including phenoxy) is 4. The Labute approximate surface area is 242 Å². The van der Waals surface area contributed by atoms with Crippen molar-refractivity contribution in [3.8, 4) is 0 Å². The molecule has 0 spiro atoms. The standard InChI is InChI=1S/C30H56N6O4/c1-9-29(17-25(5)6,20-37-15-13-27-18-35(11-3)33-31-27)21-39-23-30(10-2,24-40-26(7)8)22-38-16-14-28-19-36(12-4)34-32-28/h18-19,25-26H,9-17,20-24H2,1-8H3. The van der Waals surface area contributed by atoms with Gasteiger partial charge in [0.2, 0.25) is 0 Å². The molecule has 40 heavy (non-hydrogen) atoms. The van der Waals surface area contributed by atoms with Crippen molar-refractivity contribution >= 4 is 0 Å². The molecule has 2 atom stereocenters. The van der Waals surface area contributed by atoms with Crippen molar-refractivity contribution in [3.05, 3.63) is 23.8 Å². The molecule has 10 heteroatoms. The van der Waals surface area contributed by atoms with Crippen LogP contribution in [0.15, 0.2) is 12.4 Å². The third-order valence-electron chi connectivity index (χ3n) is 7.52. The van der Waals surface area contributed by atoms with Gasteiger partial charge in [-0.3, -0.25) is 9.36 Å². The van der Waals surface area contributed by atoms with Gasteiger partial charge in [0.15, 0.2) is 0 Å². The zero-order chi connectivity index (χ0) is 29.4. The first-order valence-corrected chi connectivity index (χ1v) is 15.3. The minimum atomic E-state index is -0.214. The molecular formula is C30H56N6O4. The molecule has 0 amide bonds. The molecule has 10 nitrogen and oxygen atoms in total. The average Bonchev–Trinajstić information content (AvgIpc) is 3.60. The van der Waals surface area contributed by atoms with Gasteiger partial charge in [-0.05, 0) is 52.9 Å². The van der Waals surface area contributed by atoms with E-state index in [1.807, 2.05) is 21.8 Å². The number of aromatic nitrogens is 6. The van der Waals surface area contributed by atoms with Crippen molar-refractivity contribution in [3.63, 3.8) is 0 Å². The lowest BCUT2D eigenvalue weighted by Crippen LogP contribution is -2.40. The van der Waals surface area contributed by atoms with Crippen LogP contribution in [0, 0.1) is 16.7 Å². The van der Waals surface area contributed by atoms with Gasteiger partial charge < -0.3 is 18.9 Å². The summed E-state index contributed by atoms with van der Waals surface area (Å²) >= 11 is 0. The molecule has 2 heterocycles. The summed E-state index contributed by atoms with van der Waals surface area (Å²) < 4.78 is 28.8. The van der Waals surface area contributed by atoms with E-state index in [0.717, 1.165) is 56.6 Å². The third kappa shape index (κ3) is 11.9. The predicted molar refractivity (Wildman–Crippen MR) is 157 cm³/mol. The summed E-state index contributed by atoms with van der Waals surface area (Å²) in [6, 6.07) is 0. The Morgan fingerprint density at radius 2 is 1.15 bits per heavy atom. The van der Waals surface area contributed by atoms with E-state index in [1.165, 1.54) is 0 Å². The van der Waals surface area contributed by atoms with E-state index in [-0.39, 0.29) is 16.9 Å². The lowest BCUT2D eigenvalue weighted by molar-refractivity contribution is -0.106.